The quantitative estimate of drug-likeness (QED) is 0.633. The number of amides is 1. The molecule has 7 nitrogen and oxygen atoms in total. The van der Waals surface area contributed by atoms with E-state index in [1.54, 1.807) is 7.05 Å². The van der Waals surface area contributed by atoms with Crippen LogP contribution in [0.4, 0.5) is 0 Å². The number of hydrogen-bond donors (Lipinski definition) is 1. The fourth-order valence-corrected chi connectivity index (χ4v) is 3.03. The third-order valence-electron chi connectivity index (χ3n) is 2.72. The number of nitrogens with two attached hydrogens (primary N) is 1. The summed E-state index contributed by atoms with van der Waals surface area (Å²) in [5, 5.41) is 19.0. The molecule has 9 heteroatoms. The van der Waals surface area contributed by atoms with E-state index in [0.717, 1.165) is 4.88 Å². The van der Waals surface area contributed by atoms with Gasteiger partial charge in [-0.1, -0.05) is 17.8 Å². The first-order chi connectivity index (χ1) is 10.1. The lowest BCUT2D eigenvalue weighted by atomic mass is 10.4. The van der Waals surface area contributed by atoms with Crippen molar-refractivity contribution in [2.24, 2.45) is 0 Å². The molecule has 0 saturated heterocycles. The molecule has 21 heavy (non-hydrogen) atoms. The van der Waals surface area contributed by atoms with Crippen molar-refractivity contribution in [1.29, 1.82) is 5.26 Å². The van der Waals surface area contributed by atoms with Crippen LogP contribution >= 0.6 is 23.1 Å². The fourth-order valence-electron chi connectivity index (χ4n) is 1.53. The summed E-state index contributed by atoms with van der Waals surface area (Å²) in [5.74, 6) is 6.66. The molecule has 0 aliphatic heterocycles. The highest BCUT2D eigenvalue weighted by Gasteiger charge is 2.15. The number of carbonyl (C=O) groups is 1. The van der Waals surface area contributed by atoms with Gasteiger partial charge in [-0.25, -0.2) is 4.68 Å². The van der Waals surface area contributed by atoms with E-state index >= 15 is 0 Å². The first kappa shape index (κ1) is 15.3. The van der Waals surface area contributed by atoms with E-state index in [-0.39, 0.29) is 11.7 Å². The maximum absolute atomic E-state index is 11.9. The van der Waals surface area contributed by atoms with E-state index in [1.165, 1.54) is 32.7 Å². The van der Waals surface area contributed by atoms with Gasteiger partial charge in [0, 0.05) is 13.6 Å². The van der Waals surface area contributed by atoms with Crippen molar-refractivity contribution >= 4 is 29.0 Å². The summed E-state index contributed by atoms with van der Waals surface area (Å²) in [5.41, 5.74) is 0. The van der Waals surface area contributed by atoms with Crippen molar-refractivity contribution in [2.45, 2.75) is 11.6 Å². The van der Waals surface area contributed by atoms with Crippen molar-refractivity contribution < 1.29 is 4.79 Å². The second-order valence-corrected chi connectivity index (χ2v) is 6.06. The third kappa shape index (κ3) is 3.74. The van der Waals surface area contributed by atoms with Gasteiger partial charge < -0.3 is 10.7 Å². The average Bonchev–Trinajstić information content (AvgIpc) is 3.11. The minimum absolute atomic E-state index is 0.0732. The molecule has 0 spiro atoms. The zero-order valence-electron chi connectivity index (χ0n) is 11.4. The molecule has 0 aliphatic rings. The van der Waals surface area contributed by atoms with Crippen LogP contribution in [-0.4, -0.2) is 45.0 Å². The highest BCUT2D eigenvalue weighted by molar-refractivity contribution is 7.99. The maximum atomic E-state index is 11.9. The molecule has 2 aromatic rings. The summed E-state index contributed by atoms with van der Waals surface area (Å²) in [4.78, 5) is 14.3. The average molecular weight is 322 g/mol. The molecule has 0 atom stereocenters. The van der Waals surface area contributed by atoms with Gasteiger partial charge in [0.25, 0.3) is 0 Å². The number of thioether (sulfide) groups is 1. The van der Waals surface area contributed by atoms with Crippen LogP contribution in [0.25, 0.3) is 10.7 Å². The fraction of sp³-hybridized carbons (Fsp3) is 0.333. The Labute approximate surface area is 130 Å². The topological polar surface area (TPSA) is 101 Å². The first-order valence-corrected chi connectivity index (χ1v) is 7.98. The normalized spacial score (nSPS) is 10.3. The SMILES string of the molecule is CN(CCC#N)C(=O)CSc1nnc(-c2cccs2)n1N. The van der Waals surface area contributed by atoms with E-state index in [2.05, 4.69) is 10.2 Å². The molecule has 110 valence electrons. The largest absolute Gasteiger partial charge is 0.344 e. The molecule has 0 aliphatic carbocycles. The number of nitrogens with zero attached hydrogens (tertiary/aromatic N) is 5. The lowest BCUT2D eigenvalue weighted by molar-refractivity contribution is -0.127. The minimum Gasteiger partial charge on any atom is -0.344 e. The van der Waals surface area contributed by atoms with Crippen molar-refractivity contribution in [3.8, 4) is 16.8 Å². The van der Waals surface area contributed by atoms with Crippen LogP contribution in [0.1, 0.15) is 6.42 Å². The molecule has 2 heterocycles. The van der Waals surface area contributed by atoms with Crippen LogP contribution in [-0.2, 0) is 4.79 Å². The van der Waals surface area contributed by atoms with Gasteiger partial charge in [-0.2, -0.15) is 5.26 Å². The Morgan fingerprint density at radius 2 is 2.43 bits per heavy atom. The maximum Gasteiger partial charge on any atom is 0.232 e. The third-order valence-corrected chi connectivity index (χ3v) is 4.51. The Balaban J connectivity index is 1.96. The standard InChI is InChI=1S/C12H14N6OS2/c1-17(6-3-5-13)10(19)8-21-12-16-15-11(18(12)14)9-4-2-7-20-9/h2,4,7H,3,6,8,14H2,1H3. The molecule has 0 bridgehead atoms. The lowest BCUT2D eigenvalue weighted by Gasteiger charge is -2.14. The molecule has 1 amide bonds. The second-order valence-electron chi connectivity index (χ2n) is 4.17. The van der Waals surface area contributed by atoms with Crippen LogP contribution in [0, 0.1) is 11.3 Å². The number of nitrogen functional groups attached to an aromatic ring is 1. The highest BCUT2D eigenvalue weighted by Crippen LogP contribution is 2.25. The van der Waals surface area contributed by atoms with E-state index in [9.17, 15) is 4.79 Å². The second kappa shape index (κ2) is 7.10. The summed E-state index contributed by atoms with van der Waals surface area (Å²) in [7, 11) is 1.67. The Morgan fingerprint density at radius 1 is 1.62 bits per heavy atom. The van der Waals surface area contributed by atoms with Crippen LogP contribution < -0.4 is 5.84 Å². The van der Waals surface area contributed by atoms with Gasteiger partial charge in [0.2, 0.25) is 11.1 Å². The zero-order valence-corrected chi connectivity index (χ0v) is 13.0. The van der Waals surface area contributed by atoms with Crippen molar-refractivity contribution in [3.05, 3.63) is 17.5 Å². The van der Waals surface area contributed by atoms with Gasteiger partial charge in [0.15, 0.2) is 5.82 Å². The highest BCUT2D eigenvalue weighted by atomic mass is 32.2. The molecule has 0 aromatic carbocycles. The van der Waals surface area contributed by atoms with Gasteiger partial charge in [-0.3, -0.25) is 4.79 Å². The molecule has 0 radical (unpaired) electrons. The van der Waals surface area contributed by atoms with E-state index in [1.807, 2.05) is 23.6 Å². The number of aromatic nitrogens is 3. The van der Waals surface area contributed by atoms with Crippen molar-refractivity contribution in [2.75, 3.05) is 25.2 Å². The van der Waals surface area contributed by atoms with Crippen LogP contribution in [0.15, 0.2) is 22.7 Å². The van der Waals surface area contributed by atoms with E-state index < -0.39 is 0 Å². The molecule has 0 fully saturated rings. The van der Waals surface area contributed by atoms with Gasteiger partial charge >= 0.3 is 0 Å². The number of hydrogen-bond acceptors (Lipinski definition) is 7. The van der Waals surface area contributed by atoms with Gasteiger partial charge in [-0.05, 0) is 11.4 Å². The Bertz CT molecular complexity index is 645. The molecular formula is C12H14N6OS2. The molecule has 2 rings (SSSR count). The monoisotopic (exact) mass is 322 g/mol. The number of thiophene rings is 1. The van der Waals surface area contributed by atoms with Gasteiger partial charge in [0.05, 0.1) is 23.1 Å². The summed E-state index contributed by atoms with van der Waals surface area (Å²) in [6.07, 6.45) is 0.322. The van der Waals surface area contributed by atoms with Crippen molar-refractivity contribution in [1.82, 2.24) is 19.8 Å². The first-order valence-electron chi connectivity index (χ1n) is 6.11. The predicted octanol–water partition coefficient (Wildman–Crippen LogP) is 1.18. The molecule has 2 aromatic heterocycles. The van der Waals surface area contributed by atoms with Crippen LogP contribution in [0.3, 0.4) is 0 Å². The van der Waals surface area contributed by atoms with Crippen LogP contribution in [0.2, 0.25) is 0 Å². The van der Waals surface area contributed by atoms with E-state index in [4.69, 9.17) is 11.1 Å². The number of carbonyl (C=O) groups excluding carboxylic acids is 1. The smallest absolute Gasteiger partial charge is 0.232 e. The van der Waals surface area contributed by atoms with Crippen LogP contribution in [0.5, 0.6) is 0 Å². The molecule has 2 N–H and O–H groups in total. The Hall–Kier alpha value is -2.05. The zero-order chi connectivity index (χ0) is 15.2. The summed E-state index contributed by atoms with van der Waals surface area (Å²) >= 11 is 2.75. The Morgan fingerprint density at radius 3 is 3.10 bits per heavy atom. The van der Waals surface area contributed by atoms with E-state index in [0.29, 0.717) is 23.9 Å². The summed E-state index contributed by atoms with van der Waals surface area (Å²) < 4.78 is 1.39. The van der Waals surface area contributed by atoms with Gasteiger partial charge in [-0.15, -0.1) is 21.5 Å². The van der Waals surface area contributed by atoms with Gasteiger partial charge in [0.1, 0.15) is 0 Å². The predicted molar refractivity (Wildman–Crippen MR) is 82.1 cm³/mol. The molecule has 0 saturated carbocycles. The summed E-state index contributed by atoms with van der Waals surface area (Å²) in [6.45, 7) is 0.422. The lowest BCUT2D eigenvalue weighted by Crippen LogP contribution is -2.29. The minimum atomic E-state index is -0.0732. The molecule has 0 unspecified atom stereocenters. The molecular weight excluding hydrogens is 308 g/mol. The number of nitriles is 1. The number of rotatable bonds is 6. The van der Waals surface area contributed by atoms with Crippen molar-refractivity contribution in [3.63, 3.8) is 0 Å². The Kier molecular flexibility index (Phi) is 5.19. The summed E-state index contributed by atoms with van der Waals surface area (Å²) in [6, 6.07) is 5.83.